The van der Waals surface area contributed by atoms with Crippen molar-refractivity contribution >= 4 is 39.3 Å². The number of anilines is 1. The van der Waals surface area contributed by atoms with Crippen molar-refractivity contribution in [1.29, 1.82) is 5.26 Å². The average Bonchev–Trinajstić information content (AvgIpc) is 3.51. The molecule has 4 heterocycles. The Kier molecular flexibility index (Phi) is 4.70. The number of nitrogens with zero attached hydrogens (tertiary/aromatic N) is 4. The zero-order valence-electron chi connectivity index (χ0n) is 20.8. The monoisotopic (exact) mass is 504 g/mol. The maximum Gasteiger partial charge on any atom is 0.269 e. The van der Waals surface area contributed by atoms with E-state index in [0.29, 0.717) is 48.0 Å². The third-order valence-corrected chi connectivity index (χ3v) is 8.78. The molecule has 0 N–H and O–H groups in total. The van der Waals surface area contributed by atoms with Gasteiger partial charge in [-0.3, -0.25) is 14.4 Å². The first-order chi connectivity index (χ1) is 18.4. The first-order valence-corrected chi connectivity index (χ1v) is 12.8. The van der Waals surface area contributed by atoms with Gasteiger partial charge in [0.15, 0.2) is 0 Å². The van der Waals surface area contributed by atoms with E-state index in [0.717, 1.165) is 10.9 Å². The number of benzene rings is 3. The number of aryl methyl sites for hydroxylation is 1. The molecule has 0 aliphatic carbocycles. The van der Waals surface area contributed by atoms with Crippen LogP contribution in [0.5, 0.6) is 0 Å². The van der Waals surface area contributed by atoms with Gasteiger partial charge in [0.2, 0.25) is 11.8 Å². The molecule has 0 spiro atoms. The summed E-state index contributed by atoms with van der Waals surface area (Å²) in [6.45, 7) is 2.25. The Labute approximate surface area is 218 Å². The highest BCUT2D eigenvalue weighted by Gasteiger charge is 2.73. The standard InChI is InChI=1S/C30H24N4O4/c1-29-12-13-30(38-29,14-15-33-23-9-5-4-8-21(23)32-17-24(33)35)26-25(29)27(36)34(28(26)37)22-11-10-18-6-2-3-7-19(18)20(22)16-31/h2-11,17,25-26H,12-15H2,1H3. The van der Waals surface area contributed by atoms with Gasteiger partial charge < -0.3 is 9.30 Å². The minimum absolute atomic E-state index is 0.222. The van der Waals surface area contributed by atoms with Crippen molar-refractivity contribution in [3.05, 3.63) is 82.8 Å². The average molecular weight is 505 g/mol. The van der Waals surface area contributed by atoms with Crippen LogP contribution < -0.4 is 10.5 Å². The molecule has 1 aromatic heterocycles. The molecule has 2 bridgehead atoms. The number of carbonyl (C=O) groups excluding carboxylic acids is 2. The lowest BCUT2D eigenvalue weighted by atomic mass is 9.67. The van der Waals surface area contributed by atoms with Crippen molar-refractivity contribution in [2.24, 2.45) is 11.8 Å². The van der Waals surface area contributed by atoms with E-state index in [4.69, 9.17) is 4.74 Å². The molecule has 3 aliphatic heterocycles. The first-order valence-electron chi connectivity index (χ1n) is 12.8. The van der Waals surface area contributed by atoms with Gasteiger partial charge in [-0.15, -0.1) is 0 Å². The number of para-hydroxylation sites is 2. The third-order valence-electron chi connectivity index (χ3n) is 8.78. The van der Waals surface area contributed by atoms with Crippen molar-refractivity contribution < 1.29 is 14.3 Å². The maximum absolute atomic E-state index is 14.1. The number of hydrogen-bond donors (Lipinski definition) is 0. The Hall–Kier alpha value is -4.35. The Bertz CT molecular complexity index is 1790. The lowest BCUT2D eigenvalue weighted by Gasteiger charge is -2.31. The molecule has 4 aromatic rings. The van der Waals surface area contributed by atoms with Crippen molar-refractivity contribution in [3.63, 3.8) is 0 Å². The predicted octanol–water partition coefficient (Wildman–Crippen LogP) is 3.94. The van der Waals surface area contributed by atoms with Crippen LogP contribution >= 0.6 is 0 Å². The van der Waals surface area contributed by atoms with Crippen molar-refractivity contribution in [2.45, 2.75) is 43.9 Å². The number of aromatic nitrogens is 2. The molecule has 8 nitrogen and oxygen atoms in total. The fourth-order valence-electron chi connectivity index (χ4n) is 7.06. The molecule has 3 saturated heterocycles. The zero-order valence-corrected chi connectivity index (χ0v) is 20.8. The van der Waals surface area contributed by atoms with E-state index < -0.39 is 23.0 Å². The molecule has 38 heavy (non-hydrogen) atoms. The molecule has 3 aliphatic rings. The van der Waals surface area contributed by atoms with Gasteiger partial charge in [-0.25, -0.2) is 9.88 Å². The van der Waals surface area contributed by atoms with Gasteiger partial charge in [-0.1, -0.05) is 42.5 Å². The highest BCUT2D eigenvalue weighted by molar-refractivity contribution is 6.24. The van der Waals surface area contributed by atoms with Crippen LogP contribution in [0, 0.1) is 23.2 Å². The van der Waals surface area contributed by atoms with Crippen LogP contribution in [0.25, 0.3) is 21.8 Å². The molecule has 7 rings (SSSR count). The summed E-state index contributed by atoms with van der Waals surface area (Å²) in [5, 5.41) is 11.6. The molecule has 0 saturated carbocycles. The van der Waals surface area contributed by atoms with E-state index in [2.05, 4.69) is 11.1 Å². The lowest BCUT2D eigenvalue weighted by molar-refractivity contribution is -0.130. The number of fused-ring (bicyclic) bond motifs is 7. The summed E-state index contributed by atoms with van der Waals surface area (Å²) in [6, 6.07) is 20.6. The predicted molar refractivity (Wildman–Crippen MR) is 140 cm³/mol. The zero-order chi connectivity index (χ0) is 26.2. The number of amides is 2. The fraction of sp³-hybridized carbons (Fsp3) is 0.300. The normalized spacial score (nSPS) is 27.8. The van der Waals surface area contributed by atoms with Gasteiger partial charge in [0.25, 0.3) is 5.56 Å². The van der Waals surface area contributed by atoms with Crippen molar-refractivity contribution in [2.75, 3.05) is 4.90 Å². The maximum atomic E-state index is 14.1. The van der Waals surface area contributed by atoms with Crippen LogP contribution in [0.2, 0.25) is 0 Å². The second-order valence-corrected chi connectivity index (χ2v) is 10.7. The molecule has 3 fully saturated rings. The summed E-state index contributed by atoms with van der Waals surface area (Å²) in [4.78, 5) is 46.2. The molecule has 3 aromatic carbocycles. The number of nitriles is 1. The summed E-state index contributed by atoms with van der Waals surface area (Å²) >= 11 is 0. The second kappa shape index (κ2) is 7.83. The van der Waals surface area contributed by atoms with E-state index in [9.17, 15) is 19.6 Å². The molecule has 8 heteroatoms. The largest absolute Gasteiger partial charge is 0.367 e. The van der Waals surface area contributed by atoms with E-state index >= 15 is 0 Å². The highest BCUT2D eigenvalue weighted by Crippen LogP contribution is 2.62. The quantitative estimate of drug-likeness (QED) is 0.390. The Morgan fingerprint density at radius 2 is 1.76 bits per heavy atom. The van der Waals surface area contributed by atoms with E-state index in [-0.39, 0.29) is 17.4 Å². The molecule has 4 atom stereocenters. The molecule has 0 radical (unpaired) electrons. The fourth-order valence-corrected chi connectivity index (χ4v) is 7.06. The first kappa shape index (κ1) is 22.8. The molecular formula is C30H24N4O4. The summed E-state index contributed by atoms with van der Waals surface area (Å²) in [5.41, 5.74) is 0.203. The molecule has 188 valence electrons. The lowest BCUT2D eigenvalue weighted by Crippen LogP contribution is -2.43. The van der Waals surface area contributed by atoms with Crippen LogP contribution in [0.4, 0.5) is 5.69 Å². The summed E-state index contributed by atoms with van der Waals surface area (Å²) < 4.78 is 8.24. The van der Waals surface area contributed by atoms with Crippen LogP contribution in [0.3, 0.4) is 0 Å². The minimum Gasteiger partial charge on any atom is -0.367 e. The molecule has 2 amide bonds. The van der Waals surface area contributed by atoms with Gasteiger partial charge in [0, 0.05) is 11.9 Å². The Morgan fingerprint density at radius 3 is 2.61 bits per heavy atom. The van der Waals surface area contributed by atoms with Crippen LogP contribution in [0.15, 0.2) is 71.7 Å². The number of carbonyl (C=O) groups is 2. The van der Waals surface area contributed by atoms with Gasteiger partial charge >= 0.3 is 0 Å². The Morgan fingerprint density at radius 1 is 1.00 bits per heavy atom. The van der Waals surface area contributed by atoms with Gasteiger partial charge in [-0.05, 0) is 49.8 Å². The smallest absolute Gasteiger partial charge is 0.269 e. The van der Waals surface area contributed by atoms with Gasteiger partial charge in [0.05, 0.1) is 51.5 Å². The van der Waals surface area contributed by atoms with Crippen LogP contribution in [0.1, 0.15) is 31.7 Å². The number of ether oxygens (including phenoxy) is 1. The second-order valence-electron chi connectivity index (χ2n) is 10.7. The summed E-state index contributed by atoms with van der Waals surface area (Å²) in [6.07, 6.45) is 2.99. The molecular weight excluding hydrogens is 480 g/mol. The summed E-state index contributed by atoms with van der Waals surface area (Å²) in [7, 11) is 0. The minimum atomic E-state index is -0.867. The topological polar surface area (TPSA) is 105 Å². The number of rotatable bonds is 4. The van der Waals surface area contributed by atoms with Crippen LogP contribution in [-0.4, -0.2) is 32.6 Å². The Balaban J connectivity index is 1.29. The number of hydrogen-bond acceptors (Lipinski definition) is 6. The van der Waals surface area contributed by atoms with Crippen molar-refractivity contribution in [1.82, 2.24) is 9.55 Å². The third kappa shape index (κ3) is 2.93. The van der Waals surface area contributed by atoms with Crippen molar-refractivity contribution in [3.8, 4) is 6.07 Å². The SMILES string of the molecule is CC12CCC(CCn3c(=O)cnc4ccccc43)(O1)C1C(=O)N(c3ccc4ccccc4c3C#N)C(=O)C12. The van der Waals surface area contributed by atoms with Gasteiger partial charge in [0.1, 0.15) is 6.07 Å². The van der Waals surface area contributed by atoms with Gasteiger partial charge in [-0.2, -0.15) is 5.26 Å². The van der Waals surface area contributed by atoms with E-state index in [1.165, 1.54) is 11.1 Å². The van der Waals surface area contributed by atoms with E-state index in [1.54, 1.807) is 10.6 Å². The van der Waals surface area contributed by atoms with Crippen LogP contribution in [-0.2, 0) is 20.9 Å². The molecule has 4 unspecified atom stereocenters. The summed E-state index contributed by atoms with van der Waals surface area (Å²) in [5.74, 6) is -1.95. The number of imide groups is 1. The highest BCUT2D eigenvalue weighted by atomic mass is 16.5. The van der Waals surface area contributed by atoms with E-state index in [1.807, 2.05) is 61.5 Å².